The van der Waals surface area contributed by atoms with E-state index in [0.29, 0.717) is 47.7 Å². The van der Waals surface area contributed by atoms with E-state index in [-0.39, 0.29) is 29.2 Å². The summed E-state index contributed by atoms with van der Waals surface area (Å²) < 4.78 is 43.7. The molecule has 10 nitrogen and oxygen atoms in total. The molecule has 1 aromatic carbocycles. The highest BCUT2D eigenvalue weighted by Gasteiger charge is 2.43. The van der Waals surface area contributed by atoms with Crippen molar-refractivity contribution >= 4 is 32.6 Å². The summed E-state index contributed by atoms with van der Waals surface area (Å²) in [5.41, 5.74) is 3.90. The van der Waals surface area contributed by atoms with Gasteiger partial charge in [0.05, 0.1) is 34.7 Å². The molecule has 4 aromatic rings. The number of nitrogens with zero attached hydrogens (tertiary/aromatic N) is 5. The Morgan fingerprint density at radius 1 is 1.19 bits per heavy atom. The molecule has 1 aliphatic carbocycles. The van der Waals surface area contributed by atoms with E-state index in [4.69, 9.17) is 4.52 Å². The SMILES string of the molecule is Cc1ccc(-c2noc([C@H]3C[C@@H]3F)n2)cc1NC(=O)c1cnn2ccc(N3CCS(=O)(=O)CC3)cc12. The zero-order valence-corrected chi connectivity index (χ0v) is 20.2. The van der Waals surface area contributed by atoms with E-state index in [1.807, 2.05) is 36.1 Å². The predicted molar refractivity (Wildman–Crippen MR) is 131 cm³/mol. The van der Waals surface area contributed by atoms with Gasteiger partial charge in [-0.1, -0.05) is 17.3 Å². The number of carbonyl (C=O) groups is 1. The molecular formula is C24H23FN6O4S. The first-order valence-corrected chi connectivity index (χ1v) is 13.4. The molecule has 4 heterocycles. The molecule has 1 aliphatic heterocycles. The van der Waals surface area contributed by atoms with Gasteiger partial charge >= 0.3 is 0 Å². The fraction of sp³-hybridized carbons (Fsp3) is 0.333. The monoisotopic (exact) mass is 510 g/mol. The van der Waals surface area contributed by atoms with Crippen LogP contribution in [0.4, 0.5) is 15.8 Å². The molecule has 186 valence electrons. The summed E-state index contributed by atoms with van der Waals surface area (Å²) in [6, 6.07) is 9.13. The maximum Gasteiger partial charge on any atom is 0.259 e. The number of aromatic nitrogens is 4. The summed E-state index contributed by atoms with van der Waals surface area (Å²) in [5, 5.41) is 11.2. The first kappa shape index (κ1) is 22.7. The lowest BCUT2D eigenvalue weighted by Crippen LogP contribution is -2.40. The molecular weight excluding hydrogens is 487 g/mol. The zero-order valence-electron chi connectivity index (χ0n) is 19.4. The van der Waals surface area contributed by atoms with Crippen LogP contribution in [-0.2, 0) is 9.84 Å². The molecule has 0 spiro atoms. The lowest BCUT2D eigenvalue weighted by molar-refractivity contribution is 0.102. The highest BCUT2D eigenvalue weighted by atomic mass is 32.2. The van der Waals surface area contributed by atoms with Crippen LogP contribution in [0.15, 0.2) is 47.2 Å². The second kappa shape index (κ2) is 8.40. The third-order valence-corrected chi connectivity index (χ3v) is 8.28. The van der Waals surface area contributed by atoms with Crippen LogP contribution < -0.4 is 10.2 Å². The van der Waals surface area contributed by atoms with Gasteiger partial charge in [0.1, 0.15) is 6.17 Å². The van der Waals surface area contributed by atoms with Crippen molar-refractivity contribution in [1.29, 1.82) is 0 Å². The normalized spacial score (nSPS) is 21.0. The molecule has 0 radical (unpaired) electrons. The van der Waals surface area contributed by atoms with Gasteiger partial charge in [0, 0.05) is 36.2 Å². The Balaban J connectivity index is 1.25. The summed E-state index contributed by atoms with van der Waals surface area (Å²) in [4.78, 5) is 19.6. The number of nitrogens with one attached hydrogen (secondary N) is 1. The molecule has 3 aromatic heterocycles. The van der Waals surface area contributed by atoms with Crippen LogP contribution in [0.2, 0.25) is 0 Å². The Labute approximate surface area is 206 Å². The smallest absolute Gasteiger partial charge is 0.259 e. The Bertz CT molecular complexity index is 1580. The van der Waals surface area contributed by atoms with Crippen LogP contribution in [0.1, 0.15) is 34.2 Å². The number of pyridine rings is 1. The Morgan fingerprint density at radius 2 is 1.97 bits per heavy atom. The van der Waals surface area contributed by atoms with Crippen molar-refractivity contribution in [2.45, 2.75) is 25.4 Å². The van der Waals surface area contributed by atoms with Crippen LogP contribution in [0.25, 0.3) is 16.9 Å². The van der Waals surface area contributed by atoms with Crippen molar-refractivity contribution in [2.75, 3.05) is 34.8 Å². The molecule has 2 aliphatic rings. The molecule has 2 atom stereocenters. The van der Waals surface area contributed by atoms with Gasteiger partial charge in [-0.15, -0.1) is 0 Å². The predicted octanol–water partition coefficient (Wildman–Crippen LogP) is 3.01. The van der Waals surface area contributed by atoms with Crippen molar-refractivity contribution in [3.63, 3.8) is 0 Å². The highest BCUT2D eigenvalue weighted by Crippen LogP contribution is 2.43. The summed E-state index contributed by atoms with van der Waals surface area (Å²) in [7, 11) is -3.00. The van der Waals surface area contributed by atoms with Gasteiger partial charge < -0.3 is 14.7 Å². The minimum Gasteiger partial charge on any atom is -0.369 e. The van der Waals surface area contributed by atoms with E-state index in [1.54, 1.807) is 16.8 Å². The summed E-state index contributed by atoms with van der Waals surface area (Å²) in [6.45, 7) is 2.69. The topological polar surface area (TPSA) is 123 Å². The Morgan fingerprint density at radius 3 is 2.72 bits per heavy atom. The van der Waals surface area contributed by atoms with Crippen LogP contribution in [0, 0.1) is 6.92 Å². The number of fused-ring (bicyclic) bond motifs is 1. The van der Waals surface area contributed by atoms with E-state index in [1.165, 1.54) is 6.20 Å². The molecule has 0 unspecified atom stereocenters. The Hall–Kier alpha value is -3.80. The molecule has 1 saturated carbocycles. The minimum absolute atomic E-state index is 0.108. The van der Waals surface area contributed by atoms with E-state index in [0.717, 1.165) is 11.3 Å². The first-order valence-electron chi connectivity index (χ1n) is 11.6. The van der Waals surface area contributed by atoms with Crippen molar-refractivity contribution in [2.24, 2.45) is 0 Å². The van der Waals surface area contributed by atoms with Gasteiger partial charge in [-0.3, -0.25) is 4.79 Å². The number of sulfone groups is 1. The maximum absolute atomic E-state index is 13.3. The van der Waals surface area contributed by atoms with E-state index in [9.17, 15) is 17.6 Å². The number of benzene rings is 1. The van der Waals surface area contributed by atoms with Gasteiger partial charge in [-0.05, 0) is 37.1 Å². The number of hydrogen-bond acceptors (Lipinski definition) is 8. The van der Waals surface area contributed by atoms with Crippen molar-refractivity contribution in [3.05, 3.63) is 59.7 Å². The summed E-state index contributed by atoms with van der Waals surface area (Å²) in [6.07, 6.45) is 2.73. The number of rotatable bonds is 5. The lowest BCUT2D eigenvalue weighted by atomic mass is 10.1. The van der Waals surface area contributed by atoms with Crippen molar-refractivity contribution < 1.29 is 22.1 Å². The summed E-state index contributed by atoms with van der Waals surface area (Å²) in [5.74, 6) is 0.177. The van der Waals surface area contributed by atoms with E-state index >= 15 is 0 Å². The van der Waals surface area contributed by atoms with Gasteiger partial charge in [0.15, 0.2) is 9.84 Å². The molecule has 12 heteroatoms. The molecule has 1 N–H and O–H groups in total. The fourth-order valence-electron chi connectivity index (χ4n) is 4.32. The van der Waals surface area contributed by atoms with E-state index in [2.05, 4.69) is 20.6 Å². The van der Waals surface area contributed by atoms with Gasteiger partial charge in [-0.2, -0.15) is 10.1 Å². The standard InChI is InChI=1S/C24H23FN6O4S/c1-14-2-3-15(22-28-24(35-29-22)17-12-19(17)25)10-20(14)27-23(32)18-13-26-31-5-4-16(11-21(18)31)30-6-8-36(33,34)9-7-30/h2-5,10-11,13,17,19H,6-9,12H2,1H3,(H,27,32)/t17-,19-/m0/s1. The number of anilines is 2. The quantitative estimate of drug-likeness (QED) is 0.435. The summed E-state index contributed by atoms with van der Waals surface area (Å²) >= 11 is 0. The number of halogens is 1. The minimum atomic E-state index is -3.00. The van der Waals surface area contributed by atoms with Crippen molar-refractivity contribution in [3.8, 4) is 11.4 Å². The molecule has 2 fully saturated rings. The number of hydrogen-bond donors (Lipinski definition) is 1. The molecule has 1 amide bonds. The van der Waals surface area contributed by atoms with Crippen LogP contribution in [0.5, 0.6) is 0 Å². The average molecular weight is 511 g/mol. The molecule has 36 heavy (non-hydrogen) atoms. The fourth-order valence-corrected chi connectivity index (χ4v) is 5.52. The maximum atomic E-state index is 13.3. The van der Waals surface area contributed by atoms with Gasteiger partial charge in [0.2, 0.25) is 11.7 Å². The van der Waals surface area contributed by atoms with Crippen molar-refractivity contribution in [1.82, 2.24) is 19.8 Å². The number of carbonyl (C=O) groups excluding carboxylic acids is 1. The van der Waals surface area contributed by atoms with Gasteiger partial charge in [-0.25, -0.2) is 17.3 Å². The average Bonchev–Trinajstić information content (AvgIpc) is 3.23. The Kier molecular flexibility index (Phi) is 5.29. The van der Waals surface area contributed by atoms with Crippen LogP contribution >= 0.6 is 0 Å². The van der Waals surface area contributed by atoms with E-state index < -0.39 is 16.0 Å². The second-order valence-corrected chi connectivity index (χ2v) is 11.5. The molecule has 6 rings (SSSR count). The zero-order chi connectivity index (χ0) is 25.0. The van der Waals surface area contributed by atoms with Gasteiger partial charge in [0.25, 0.3) is 5.91 Å². The second-order valence-electron chi connectivity index (χ2n) is 9.21. The lowest BCUT2D eigenvalue weighted by Gasteiger charge is -2.28. The van der Waals surface area contributed by atoms with Crippen LogP contribution in [-0.4, -0.2) is 64.8 Å². The number of aryl methyl sites for hydroxylation is 1. The number of amides is 1. The number of alkyl halides is 1. The molecule has 1 saturated heterocycles. The first-order chi connectivity index (χ1) is 17.3. The van der Waals surface area contributed by atoms with Crippen LogP contribution in [0.3, 0.4) is 0 Å². The third-order valence-electron chi connectivity index (χ3n) is 6.67. The molecule has 0 bridgehead atoms. The third kappa shape index (κ3) is 4.21. The highest BCUT2D eigenvalue weighted by molar-refractivity contribution is 7.91. The largest absolute Gasteiger partial charge is 0.369 e.